The molecule has 0 atom stereocenters. The number of H-pyrrole nitrogens is 1. The van der Waals surface area contributed by atoms with Crippen LogP contribution in [0.1, 0.15) is 18.5 Å². The van der Waals surface area contributed by atoms with Crippen LogP contribution < -0.4 is 10.6 Å². The predicted octanol–water partition coefficient (Wildman–Crippen LogP) is 3.95. The Labute approximate surface area is 203 Å². The van der Waals surface area contributed by atoms with E-state index in [1.807, 2.05) is 43.5 Å². The summed E-state index contributed by atoms with van der Waals surface area (Å²) in [6.45, 7) is 4.37. The number of aryl methyl sites for hydroxylation is 1. The van der Waals surface area contributed by atoms with Crippen LogP contribution in [0.15, 0.2) is 55.0 Å². The number of nitrogens with one attached hydrogen (secondary N) is 3. The fraction of sp³-hybridized carbons (Fsp3) is 0.333. The monoisotopic (exact) mass is 468 g/mol. The zero-order valence-corrected chi connectivity index (χ0v) is 19.6. The van der Waals surface area contributed by atoms with Crippen LogP contribution in [0.2, 0.25) is 0 Å². The molecule has 2 fully saturated rings. The molecule has 8 nitrogen and oxygen atoms in total. The lowest BCUT2D eigenvalue weighted by atomic mass is 9.75. The number of aromatic nitrogens is 4. The van der Waals surface area contributed by atoms with Crippen LogP contribution in [0.25, 0.3) is 33.5 Å². The molecule has 35 heavy (non-hydrogen) atoms. The molecule has 8 heteroatoms. The second-order valence-electron chi connectivity index (χ2n) is 9.55. The number of carbonyl (C=O) groups excluding carboxylic acids is 1. The molecule has 3 aromatic heterocycles. The lowest BCUT2D eigenvalue weighted by molar-refractivity contribution is -0.161. The number of aromatic amines is 1. The number of nitrogens with zero attached hydrogens (tertiary/aromatic N) is 3. The quantitative estimate of drug-likeness (QED) is 0.353. The second-order valence-corrected chi connectivity index (χ2v) is 9.55. The van der Waals surface area contributed by atoms with E-state index < -0.39 is 0 Å². The lowest BCUT2D eigenvalue weighted by Crippen LogP contribution is -2.50. The van der Waals surface area contributed by atoms with E-state index in [4.69, 9.17) is 4.74 Å². The first-order valence-electron chi connectivity index (χ1n) is 12.1. The second kappa shape index (κ2) is 9.11. The van der Waals surface area contributed by atoms with Gasteiger partial charge < -0.3 is 20.4 Å². The molecule has 1 aliphatic heterocycles. The molecule has 1 saturated carbocycles. The van der Waals surface area contributed by atoms with Gasteiger partial charge in [0.25, 0.3) is 0 Å². The summed E-state index contributed by atoms with van der Waals surface area (Å²) >= 11 is 0. The van der Waals surface area contributed by atoms with Crippen molar-refractivity contribution in [2.24, 2.45) is 11.8 Å². The Balaban J connectivity index is 1.13. The van der Waals surface area contributed by atoms with E-state index in [0.29, 0.717) is 5.92 Å². The maximum atomic E-state index is 12.2. The van der Waals surface area contributed by atoms with Gasteiger partial charge in [-0.1, -0.05) is 12.1 Å². The average molecular weight is 469 g/mol. The first kappa shape index (κ1) is 21.7. The van der Waals surface area contributed by atoms with Crippen molar-refractivity contribution >= 4 is 22.6 Å². The van der Waals surface area contributed by atoms with Gasteiger partial charge in [0.05, 0.1) is 46.7 Å². The predicted molar refractivity (Wildman–Crippen MR) is 135 cm³/mol. The van der Waals surface area contributed by atoms with Gasteiger partial charge in [0.1, 0.15) is 6.10 Å². The minimum atomic E-state index is -0.0359. The van der Waals surface area contributed by atoms with Gasteiger partial charge in [-0.25, -0.2) is 4.98 Å². The SMILES string of the molecule is Cc1cccc(-c2[nH]cnc2-c2ccc3ncc(NC[C@H]4C[C@@H](C(=O)OC5CNC5)C4)cc3c2)n1. The van der Waals surface area contributed by atoms with Crippen molar-refractivity contribution in [2.45, 2.75) is 25.9 Å². The third-order valence-corrected chi connectivity index (χ3v) is 6.93. The highest BCUT2D eigenvalue weighted by Crippen LogP contribution is 2.35. The summed E-state index contributed by atoms with van der Waals surface area (Å²) in [6, 6.07) is 14.3. The van der Waals surface area contributed by atoms with Gasteiger partial charge in [-0.15, -0.1) is 0 Å². The van der Waals surface area contributed by atoms with E-state index in [1.165, 1.54) is 0 Å². The third kappa shape index (κ3) is 4.49. The standard InChI is InChI=1S/C27H28N6O2/c1-16-3-2-4-24(33-16)26-25(31-15-32-26)18-5-6-23-19(9-18)10-21(12-30-23)29-11-17-7-20(8-17)27(34)35-22-13-28-14-22/h2-6,9-10,12,15,17,20,22,28-29H,7-8,11,13-14H2,1H3,(H,31,32)/t17-,20+. The highest BCUT2D eigenvalue weighted by molar-refractivity contribution is 5.88. The van der Waals surface area contributed by atoms with Crippen LogP contribution in [0.4, 0.5) is 5.69 Å². The molecule has 3 N–H and O–H groups in total. The summed E-state index contributed by atoms with van der Waals surface area (Å²) in [5, 5.41) is 7.67. The molecule has 4 heterocycles. The Morgan fingerprint density at radius 2 is 2.03 bits per heavy atom. The molecule has 6 rings (SSSR count). The smallest absolute Gasteiger partial charge is 0.309 e. The average Bonchev–Trinajstić information content (AvgIpc) is 3.30. The highest BCUT2D eigenvalue weighted by atomic mass is 16.5. The number of rotatable bonds is 7. The molecule has 0 spiro atoms. The molecule has 1 saturated heterocycles. The number of hydrogen-bond donors (Lipinski definition) is 3. The van der Waals surface area contributed by atoms with Crippen molar-refractivity contribution in [1.82, 2.24) is 25.3 Å². The third-order valence-electron chi connectivity index (χ3n) is 6.93. The number of esters is 1. The van der Waals surface area contributed by atoms with Crippen LogP contribution in [-0.4, -0.2) is 51.6 Å². The minimum absolute atomic E-state index is 0.0359. The number of carbonyl (C=O) groups is 1. The van der Waals surface area contributed by atoms with Gasteiger partial charge in [-0.3, -0.25) is 14.8 Å². The molecule has 1 aliphatic carbocycles. The van der Waals surface area contributed by atoms with Crippen molar-refractivity contribution in [3.8, 4) is 22.6 Å². The number of hydrogen-bond acceptors (Lipinski definition) is 7. The number of anilines is 1. The number of fused-ring (bicyclic) bond motifs is 1. The Bertz CT molecular complexity index is 1370. The summed E-state index contributed by atoms with van der Waals surface area (Å²) in [5.74, 6) is 0.486. The number of benzene rings is 1. The Morgan fingerprint density at radius 3 is 2.83 bits per heavy atom. The molecular formula is C27H28N6O2. The molecule has 178 valence electrons. The highest BCUT2D eigenvalue weighted by Gasteiger charge is 2.37. The van der Waals surface area contributed by atoms with Crippen molar-refractivity contribution in [2.75, 3.05) is 25.0 Å². The van der Waals surface area contributed by atoms with Gasteiger partial charge in [-0.05, 0) is 56.0 Å². The first-order valence-corrected chi connectivity index (χ1v) is 12.1. The van der Waals surface area contributed by atoms with Gasteiger partial charge in [-0.2, -0.15) is 0 Å². The molecule has 0 amide bonds. The van der Waals surface area contributed by atoms with E-state index >= 15 is 0 Å². The fourth-order valence-electron chi connectivity index (χ4n) is 4.73. The van der Waals surface area contributed by atoms with Crippen LogP contribution in [0.3, 0.4) is 0 Å². The van der Waals surface area contributed by atoms with Crippen molar-refractivity contribution < 1.29 is 9.53 Å². The van der Waals surface area contributed by atoms with E-state index in [0.717, 1.165) is 77.4 Å². The lowest BCUT2D eigenvalue weighted by Gasteiger charge is -2.36. The van der Waals surface area contributed by atoms with Gasteiger partial charge in [0, 0.05) is 36.3 Å². The largest absolute Gasteiger partial charge is 0.459 e. The molecule has 0 radical (unpaired) electrons. The van der Waals surface area contributed by atoms with Crippen molar-refractivity contribution in [1.29, 1.82) is 0 Å². The number of imidazole rings is 1. The molecular weight excluding hydrogens is 440 g/mol. The van der Waals surface area contributed by atoms with Crippen LogP contribution in [0.5, 0.6) is 0 Å². The molecule has 1 aromatic carbocycles. The summed E-state index contributed by atoms with van der Waals surface area (Å²) in [4.78, 5) is 29.3. The zero-order valence-electron chi connectivity index (χ0n) is 19.6. The Morgan fingerprint density at radius 1 is 1.14 bits per heavy atom. The van der Waals surface area contributed by atoms with Crippen molar-refractivity contribution in [3.05, 3.63) is 60.7 Å². The van der Waals surface area contributed by atoms with Crippen LogP contribution in [0, 0.1) is 18.8 Å². The fourth-order valence-corrected chi connectivity index (χ4v) is 4.73. The minimum Gasteiger partial charge on any atom is -0.459 e. The number of ether oxygens (including phenoxy) is 1. The van der Waals surface area contributed by atoms with Crippen LogP contribution in [-0.2, 0) is 9.53 Å². The topological polar surface area (TPSA) is 105 Å². The first-order chi connectivity index (χ1) is 17.1. The zero-order chi connectivity index (χ0) is 23.8. The van der Waals surface area contributed by atoms with E-state index in [1.54, 1.807) is 6.33 Å². The number of pyridine rings is 2. The normalized spacial score (nSPS) is 19.7. The Hall–Kier alpha value is -3.78. The van der Waals surface area contributed by atoms with Gasteiger partial charge in [0.15, 0.2) is 0 Å². The van der Waals surface area contributed by atoms with Crippen LogP contribution >= 0.6 is 0 Å². The van der Waals surface area contributed by atoms with Crippen molar-refractivity contribution in [3.63, 3.8) is 0 Å². The van der Waals surface area contributed by atoms with E-state index in [9.17, 15) is 4.79 Å². The molecule has 0 unspecified atom stereocenters. The molecule has 0 bridgehead atoms. The Kier molecular flexibility index (Phi) is 5.66. The maximum absolute atomic E-state index is 12.2. The maximum Gasteiger partial charge on any atom is 0.309 e. The van der Waals surface area contributed by atoms with E-state index in [-0.39, 0.29) is 18.0 Å². The summed E-state index contributed by atoms with van der Waals surface area (Å²) in [5.41, 5.74) is 6.53. The van der Waals surface area contributed by atoms with E-state index in [2.05, 4.69) is 42.7 Å². The summed E-state index contributed by atoms with van der Waals surface area (Å²) in [6.07, 6.45) is 5.41. The summed E-state index contributed by atoms with van der Waals surface area (Å²) in [7, 11) is 0. The molecule has 2 aliphatic rings. The molecule has 4 aromatic rings. The van der Waals surface area contributed by atoms with Gasteiger partial charge >= 0.3 is 5.97 Å². The van der Waals surface area contributed by atoms with Gasteiger partial charge in [0.2, 0.25) is 0 Å². The summed E-state index contributed by atoms with van der Waals surface area (Å²) < 4.78 is 5.49.